The lowest BCUT2D eigenvalue weighted by Crippen LogP contribution is -2.44. The van der Waals surface area contributed by atoms with Crippen molar-refractivity contribution in [3.63, 3.8) is 0 Å². The largest absolute Gasteiger partial charge is 0.444 e. The zero-order valence-corrected chi connectivity index (χ0v) is 16.8. The molecule has 0 aromatic carbocycles. The Morgan fingerprint density at radius 2 is 2.16 bits per heavy atom. The Hall–Kier alpha value is -1.83. The number of hydrogen-bond donors (Lipinski definition) is 2. The van der Waals surface area contributed by atoms with Crippen molar-refractivity contribution in [1.29, 1.82) is 0 Å². The molecule has 1 aromatic heterocycles. The summed E-state index contributed by atoms with van der Waals surface area (Å²) < 4.78 is 5.32. The van der Waals surface area contributed by atoms with Crippen molar-refractivity contribution in [2.24, 2.45) is 4.99 Å². The van der Waals surface area contributed by atoms with Gasteiger partial charge >= 0.3 is 6.09 Å². The number of amides is 1. The molecule has 1 aromatic rings. The topological polar surface area (TPSA) is 78.9 Å². The predicted molar refractivity (Wildman–Crippen MR) is 101 cm³/mol. The van der Waals surface area contributed by atoms with Crippen molar-refractivity contribution in [2.75, 3.05) is 20.1 Å². The van der Waals surface area contributed by atoms with E-state index in [1.54, 1.807) is 18.4 Å². The number of alkyl carbamates (subject to hydrolysis) is 1. The van der Waals surface area contributed by atoms with E-state index in [0.717, 1.165) is 36.2 Å². The van der Waals surface area contributed by atoms with E-state index in [0.29, 0.717) is 6.54 Å². The number of guanidine groups is 1. The maximum absolute atomic E-state index is 11.9. The second kappa shape index (κ2) is 8.03. The highest BCUT2D eigenvalue weighted by Gasteiger charge is 2.27. The Labute approximate surface area is 153 Å². The number of nitrogens with one attached hydrogen (secondary N) is 2. The first-order valence-corrected chi connectivity index (χ1v) is 9.37. The van der Waals surface area contributed by atoms with Gasteiger partial charge in [-0.25, -0.2) is 9.78 Å². The van der Waals surface area contributed by atoms with Crippen LogP contribution in [0.3, 0.4) is 0 Å². The second-order valence-electron chi connectivity index (χ2n) is 7.22. The smallest absolute Gasteiger partial charge is 0.407 e. The summed E-state index contributed by atoms with van der Waals surface area (Å²) in [6, 6.07) is 0.0702. The van der Waals surface area contributed by atoms with Crippen molar-refractivity contribution in [2.45, 2.75) is 59.2 Å². The number of likely N-dealkylation sites (tertiary alicyclic amines) is 1. The summed E-state index contributed by atoms with van der Waals surface area (Å²) in [4.78, 5) is 24.1. The Bertz CT molecular complexity index is 635. The molecule has 0 bridgehead atoms. The van der Waals surface area contributed by atoms with Crippen LogP contribution in [0.15, 0.2) is 4.99 Å². The quantitative estimate of drug-likeness (QED) is 0.634. The van der Waals surface area contributed by atoms with Crippen LogP contribution in [0.1, 0.15) is 42.8 Å². The van der Waals surface area contributed by atoms with E-state index in [1.165, 1.54) is 4.88 Å². The first-order chi connectivity index (χ1) is 11.7. The number of hydrogen-bond acceptors (Lipinski definition) is 5. The number of aryl methyl sites for hydroxylation is 2. The molecule has 0 spiro atoms. The van der Waals surface area contributed by atoms with E-state index in [9.17, 15) is 4.79 Å². The molecular weight excluding hydrogens is 338 g/mol. The number of carbonyl (C=O) groups is 1. The molecule has 7 nitrogen and oxygen atoms in total. The highest BCUT2D eigenvalue weighted by molar-refractivity contribution is 7.11. The third-order valence-corrected chi connectivity index (χ3v) is 4.90. The summed E-state index contributed by atoms with van der Waals surface area (Å²) in [5, 5.41) is 7.41. The van der Waals surface area contributed by atoms with Gasteiger partial charge in [-0.15, -0.1) is 11.3 Å². The fourth-order valence-corrected chi connectivity index (χ4v) is 3.65. The number of thiazole rings is 1. The number of aliphatic imine (C=N–C) groups is 1. The minimum Gasteiger partial charge on any atom is -0.444 e. The molecule has 1 aliphatic heterocycles. The van der Waals surface area contributed by atoms with Gasteiger partial charge in [-0.05, 0) is 41.0 Å². The van der Waals surface area contributed by atoms with Gasteiger partial charge < -0.3 is 20.3 Å². The molecule has 140 valence electrons. The van der Waals surface area contributed by atoms with Crippen LogP contribution >= 0.6 is 11.3 Å². The summed E-state index contributed by atoms with van der Waals surface area (Å²) in [5.74, 6) is 0.846. The standard InChI is InChI=1S/C17H29N5O2S/c1-11-14(25-12(2)20-11)9-19-15(18-6)22-8-7-13(10-22)21-16(23)24-17(3,4)5/h13H,7-10H2,1-6H3,(H,18,19)(H,21,23). The maximum Gasteiger partial charge on any atom is 0.407 e. The van der Waals surface area contributed by atoms with E-state index in [2.05, 4.69) is 25.5 Å². The van der Waals surface area contributed by atoms with Crippen molar-refractivity contribution in [3.8, 4) is 0 Å². The minimum absolute atomic E-state index is 0.0702. The van der Waals surface area contributed by atoms with E-state index in [1.807, 2.05) is 34.6 Å². The molecule has 25 heavy (non-hydrogen) atoms. The number of rotatable bonds is 3. The van der Waals surface area contributed by atoms with Crippen LogP contribution < -0.4 is 10.6 Å². The van der Waals surface area contributed by atoms with E-state index in [-0.39, 0.29) is 12.1 Å². The van der Waals surface area contributed by atoms with E-state index < -0.39 is 5.60 Å². The van der Waals surface area contributed by atoms with Gasteiger partial charge in [-0.1, -0.05) is 0 Å². The van der Waals surface area contributed by atoms with Crippen LogP contribution in [-0.4, -0.2) is 53.7 Å². The molecule has 1 amide bonds. The van der Waals surface area contributed by atoms with Gasteiger partial charge in [-0.2, -0.15) is 0 Å². The van der Waals surface area contributed by atoms with Gasteiger partial charge in [0, 0.05) is 25.0 Å². The lowest BCUT2D eigenvalue weighted by atomic mass is 10.2. The molecule has 2 heterocycles. The van der Waals surface area contributed by atoms with Gasteiger partial charge in [0.05, 0.1) is 23.3 Å². The molecule has 8 heteroatoms. The number of ether oxygens (including phenoxy) is 1. The van der Waals surface area contributed by atoms with Gasteiger partial charge in [0.25, 0.3) is 0 Å². The Kier molecular flexibility index (Phi) is 6.26. The van der Waals surface area contributed by atoms with Crippen molar-refractivity contribution < 1.29 is 9.53 Å². The van der Waals surface area contributed by atoms with Crippen LogP contribution in [0.5, 0.6) is 0 Å². The number of aromatic nitrogens is 1. The van der Waals surface area contributed by atoms with Crippen LogP contribution in [0.25, 0.3) is 0 Å². The van der Waals surface area contributed by atoms with Crippen LogP contribution in [-0.2, 0) is 11.3 Å². The zero-order valence-electron chi connectivity index (χ0n) is 16.0. The highest BCUT2D eigenvalue weighted by Crippen LogP contribution is 2.17. The number of carbonyl (C=O) groups excluding carboxylic acids is 1. The lowest BCUT2D eigenvalue weighted by molar-refractivity contribution is 0.0507. The summed E-state index contributed by atoms with van der Waals surface area (Å²) in [6.07, 6.45) is 0.511. The van der Waals surface area contributed by atoms with Crippen LogP contribution in [0.2, 0.25) is 0 Å². The van der Waals surface area contributed by atoms with E-state index in [4.69, 9.17) is 4.74 Å². The molecule has 0 aliphatic carbocycles. The lowest BCUT2D eigenvalue weighted by Gasteiger charge is -2.23. The molecular formula is C17H29N5O2S. The molecule has 0 radical (unpaired) electrons. The third kappa shape index (κ3) is 5.88. The Morgan fingerprint density at radius 1 is 1.44 bits per heavy atom. The normalized spacial score (nSPS) is 18.4. The van der Waals surface area contributed by atoms with Gasteiger partial charge in [0.2, 0.25) is 0 Å². The molecule has 1 aliphatic rings. The molecule has 0 saturated carbocycles. The third-order valence-electron chi connectivity index (χ3n) is 3.83. The Morgan fingerprint density at radius 3 is 2.72 bits per heavy atom. The van der Waals surface area contributed by atoms with Gasteiger partial charge in [0.1, 0.15) is 5.60 Å². The highest BCUT2D eigenvalue weighted by atomic mass is 32.1. The summed E-state index contributed by atoms with van der Waals surface area (Å²) in [6.45, 7) is 11.9. The summed E-state index contributed by atoms with van der Waals surface area (Å²) >= 11 is 1.70. The van der Waals surface area contributed by atoms with Gasteiger partial charge in [-0.3, -0.25) is 4.99 Å². The number of nitrogens with zero attached hydrogens (tertiary/aromatic N) is 3. The van der Waals surface area contributed by atoms with Crippen LogP contribution in [0, 0.1) is 13.8 Å². The average molecular weight is 368 g/mol. The predicted octanol–water partition coefficient (Wildman–Crippen LogP) is 2.43. The molecule has 1 saturated heterocycles. The average Bonchev–Trinajstić information content (AvgIpc) is 3.04. The SMILES string of the molecule is CN=C(NCc1sc(C)nc1C)N1CCC(NC(=O)OC(C)(C)C)C1. The van der Waals surface area contributed by atoms with Crippen molar-refractivity contribution >= 4 is 23.4 Å². The first-order valence-electron chi connectivity index (χ1n) is 8.56. The van der Waals surface area contributed by atoms with E-state index >= 15 is 0 Å². The summed E-state index contributed by atoms with van der Waals surface area (Å²) in [7, 11) is 1.78. The van der Waals surface area contributed by atoms with Gasteiger partial charge in [0.15, 0.2) is 5.96 Å². The molecule has 1 fully saturated rings. The zero-order chi connectivity index (χ0) is 18.6. The van der Waals surface area contributed by atoms with Crippen LogP contribution in [0.4, 0.5) is 4.79 Å². The van der Waals surface area contributed by atoms with Crippen molar-refractivity contribution in [3.05, 3.63) is 15.6 Å². The molecule has 1 atom stereocenters. The molecule has 2 N–H and O–H groups in total. The minimum atomic E-state index is -0.481. The fraction of sp³-hybridized carbons (Fsp3) is 0.706. The Balaban J connectivity index is 1.84. The van der Waals surface area contributed by atoms with Crippen molar-refractivity contribution in [1.82, 2.24) is 20.5 Å². The monoisotopic (exact) mass is 367 g/mol. The molecule has 1 unspecified atom stereocenters. The maximum atomic E-state index is 11.9. The summed E-state index contributed by atoms with van der Waals surface area (Å²) in [5.41, 5.74) is 0.585. The molecule has 2 rings (SSSR count). The fourth-order valence-electron chi connectivity index (χ4n) is 2.77. The first kappa shape index (κ1) is 19.5. The second-order valence-corrected chi connectivity index (χ2v) is 8.51.